The van der Waals surface area contributed by atoms with E-state index in [0.717, 1.165) is 29.1 Å². The Morgan fingerprint density at radius 2 is 2.07 bits per heavy atom. The fourth-order valence-corrected chi connectivity index (χ4v) is 1.94. The first kappa shape index (κ1) is 8.41. The molecule has 3 rings (SSSR count). The number of Topliss-reactive ketones (excluding diaryl/α,β-unsaturated/α-hetero) is 1. The van der Waals surface area contributed by atoms with E-state index in [1.807, 2.05) is 24.3 Å². The Labute approximate surface area is 87.5 Å². The van der Waals surface area contributed by atoms with E-state index >= 15 is 0 Å². The molecule has 0 bridgehead atoms. The predicted octanol–water partition coefficient (Wildman–Crippen LogP) is 2.43. The zero-order valence-electron chi connectivity index (χ0n) is 8.16. The molecule has 1 aromatic rings. The molecule has 0 radical (unpaired) electrons. The summed E-state index contributed by atoms with van der Waals surface area (Å²) in [4.78, 5) is 15.8. The molecule has 1 aliphatic carbocycles. The number of carbonyl (C=O) groups is 1. The lowest BCUT2D eigenvalue weighted by Crippen LogP contribution is -2.00. The fourth-order valence-electron chi connectivity index (χ4n) is 1.94. The van der Waals surface area contributed by atoms with Gasteiger partial charge in [-0.2, -0.15) is 0 Å². The Morgan fingerprint density at radius 1 is 1.20 bits per heavy atom. The van der Waals surface area contributed by atoms with Crippen LogP contribution in [0.15, 0.2) is 40.5 Å². The molecule has 3 nitrogen and oxygen atoms in total. The maximum absolute atomic E-state index is 11.5. The first-order valence-electron chi connectivity index (χ1n) is 5.01. The molecule has 0 aromatic heterocycles. The highest BCUT2D eigenvalue weighted by Crippen LogP contribution is 2.32. The molecule has 1 aromatic carbocycles. The van der Waals surface area contributed by atoms with Gasteiger partial charge in [-0.15, -0.1) is 0 Å². The minimum absolute atomic E-state index is 0.189. The minimum Gasteiger partial charge on any atom is -0.356 e. The second-order valence-electron chi connectivity index (χ2n) is 3.72. The number of hydrogen-bond donors (Lipinski definition) is 1. The standard InChI is InChI=1S/C12H10N2O/c15-12-6-5-9-8(12)7-13-10-3-1-2-4-11(10)14-9/h1-4,7,14H,5-6H2. The number of fused-ring (bicyclic) bond motifs is 1. The van der Waals surface area contributed by atoms with Crippen molar-refractivity contribution < 1.29 is 4.79 Å². The zero-order valence-corrected chi connectivity index (χ0v) is 8.16. The lowest BCUT2D eigenvalue weighted by molar-refractivity contribution is -0.114. The van der Waals surface area contributed by atoms with Crippen molar-refractivity contribution in [3.8, 4) is 0 Å². The average Bonchev–Trinajstić information content (AvgIpc) is 2.51. The summed E-state index contributed by atoms with van der Waals surface area (Å²) in [6.45, 7) is 0. The van der Waals surface area contributed by atoms with Gasteiger partial charge >= 0.3 is 0 Å². The molecule has 0 saturated carbocycles. The van der Waals surface area contributed by atoms with Crippen LogP contribution in [0.5, 0.6) is 0 Å². The molecule has 0 fully saturated rings. The quantitative estimate of drug-likeness (QED) is 0.695. The highest BCUT2D eigenvalue weighted by atomic mass is 16.1. The van der Waals surface area contributed by atoms with Gasteiger partial charge in [-0.05, 0) is 18.6 Å². The second-order valence-corrected chi connectivity index (χ2v) is 3.72. The molecule has 74 valence electrons. The molecule has 0 unspecified atom stereocenters. The molecule has 3 heteroatoms. The third kappa shape index (κ3) is 1.28. The Morgan fingerprint density at radius 3 is 3.00 bits per heavy atom. The van der Waals surface area contributed by atoms with Gasteiger partial charge in [0.25, 0.3) is 0 Å². The predicted molar refractivity (Wildman–Crippen MR) is 59.5 cm³/mol. The van der Waals surface area contributed by atoms with Crippen LogP contribution in [-0.4, -0.2) is 12.0 Å². The SMILES string of the molecule is O=C1CCC2=C1C=Nc1ccccc1N2. The van der Waals surface area contributed by atoms with Crippen LogP contribution in [0, 0.1) is 0 Å². The minimum atomic E-state index is 0.189. The maximum Gasteiger partial charge on any atom is 0.166 e. The number of carbonyl (C=O) groups excluding carboxylic acids is 1. The van der Waals surface area contributed by atoms with Gasteiger partial charge in [0.05, 0.1) is 16.9 Å². The summed E-state index contributed by atoms with van der Waals surface area (Å²) in [7, 11) is 0. The first-order valence-corrected chi connectivity index (χ1v) is 5.01. The Bertz CT molecular complexity index is 500. The summed E-state index contributed by atoms with van der Waals surface area (Å²) < 4.78 is 0. The highest BCUT2D eigenvalue weighted by Gasteiger charge is 2.23. The number of rotatable bonds is 0. The Balaban J connectivity index is 2.11. The van der Waals surface area contributed by atoms with E-state index in [1.54, 1.807) is 6.21 Å². The maximum atomic E-state index is 11.5. The van der Waals surface area contributed by atoms with E-state index in [9.17, 15) is 4.79 Å². The molecule has 0 amide bonds. The number of nitrogens with zero attached hydrogens (tertiary/aromatic N) is 1. The summed E-state index contributed by atoms with van der Waals surface area (Å²) in [5.74, 6) is 0.189. The molecule has 0 atom stereocenters. The van der Waals surface area contributed by atoms with E-state index in [0.29, 0.717) is 6.42 Å². The van der Waals surface area contributed by atoms with E-state index in [1.165, 1.54) is 0 Å². The Hall–Kier alpha value is -1.90. The topological polar surface area (TPSA) is 41.5 Å². The summed E-state index contributed by atoms with van der Waals surface area (Å²) in [6, 6.07) is 7.82. The average molecular weight is 198 g/mol. The molecule has 1 N–H and O–H groups in total. The lowest BCUT2D eigenvalue weighted by Gasteiger charge is -2.07. The summed E-state index contributed by atoms with van der Waals surface area (Å²) in [6.07, 6.45) is 3.09. The molecule has 1 aliphatic heterocycles. The van der Waals surface area contributed by atoms with Gasteiger partial charge in [-0.1, -0.05) is 12.1 Å². The third-order valence-corrected chi connectivity index (χ3v) is 2.75. The van der Waals surface area contributed by atoms with Gasteiger partial charge in [-0.25, -0.2) is 0 Å². The van der Waals surface area contributed by atoms with Gasteiger partial charge in [0.15, 0.2) is 5.78 Å². The number of aliphatic imine (C=N–C) groups is 1. The number of hydrogen-bond acceptors (Lipinski definition) is 3. The molecule has 2 aliphatic rings. The summed E-state index contributed by atoms with van der Waals surface area (Å²) >= 11 is 0. The molecule has 0 saturated heterocycles. The molecule has 0 spiro atoms. The third-order valence-electron chi connectivity index (χ3n) is 2.75. The highest BCUT2D eigenvalue weighted by molar-refractivity contribution is 6.17. The van der Waals surface area contributed by atoms with Gasteiger partial charge in [-0.3, -0.25) is 9.79 Å². The number of allylic oxidation sites excluding steroid dienone is 2. The van der Waals surface area contributed by atoms with Crippen LogP contribution in [0.2, 0.25) is 0 Å². The number of para-hydroxylation sites is 2. The van der Waals surface area contributed by atoms with Gasteiger partial charge < -0.3 is 5.32 Å². The largest absolute Gasteiger partial charge is 0.356 e. The monoisotopic (exact) mass is 198 g/mol. The van der Waals surface area contributed by atoms with Crippen LogP contribution in [0.1, 0.15) is 12.8 Å². The van der Waals surface area contributed by atoms with Gasteiger partial charge in [0.1, 0.15) is 0 Å². The summed E-state index contributed by atoms with van der Waals surface area (Å²) in [5, 5.41) is 3.29. The summed E-state index contributed by atoms with van der Waals surface area (Å²) in [5.41, 5.74) is 3.62. The normalized spacial score (nSPS) is 18.3. The van der Waals surface area contributed by atoms with Crippen molar-refractivity contribution in [1.82, 2.24) is 0 Å². The van der Waals surface area contributed by atoms with Crippen LogP contribution in [-0.2, 0) is 4.79 Å². The van der Waals surface area contributed by atoms with E-state index < -0.39 is 0 Å². The van der Waals surface area contributed by atoms with Crippen molar-refractivity contribution in [2.24, 2.45) is 4.99 Å². The molecular weight excluding hydrogens is 188 g/mol. The van der Waals surface area contributed by atoms with Crippen molar-refractivity contribution in [1.29, 1.82) is 0 Å². The smallest absolute Gasteiger partial charge is 0.166 e. The molecular formula is C12H10N2O. The zero-order chi connectivity index (χ0) is 10.3. The number of anilines is 1. The van der Waals surface area contributed by atoms with Gasteiger partial charge in [0, 0.05) is 18.3 Å². The molecule has 15 heavy (non-hydrogen) atoms. The van der Waals surface area contributed by atoms with E-state index in [-0.39, 0.29) is 5.78 Å². The second kappa shape index (κ2) is 3.05. The van der Waals surface area contributed by atoms with Crippen molar-refractivity contribution in [3.63, 3.8) is 0 Å². The lowest BCUT2D eigenvalue weighted by atomic mass is 10.2. The van der Waals surface area contributed by atoms with Crippen LogP contribution in [0.25, 0.3) is 0 Å². The van der Waals surface area contributed by atoms with Crippen LogP contribution < -0.4 is 5.32 Å². The number of nitrogens with one attached hydrogen (secondary N) is 1. The van der Waals surface area contributed by atoms with E-state index in [2.05, 4.69) is 10.3 Å². The van der Waals surface area contributed by atoms with Gasteiger partial charge in [0.2, 0.25) is 0 Å². The van der Waals surface area contributed by atoms with Crippen molar-refractivity contribution in [3.05, 3.63) is 35.5 Å². The van der Waals surface area contributed by atoms with E-state index in [4.69, 9.17) is 0 Å². The van der Waals surface area contributed by atoms with Crippen LogP contribution in [0.4, 0.5) is 11.4 Å². The number of benzene rings is 1. The van der Waals surface area contributed by atoms with Crippen molar-refractivity contribution >= 4 is 23.4 Å². The first-order chi connectivity index (χ1) is 7.34. The van der Waals surface area contributed by atoms with Crippen LogP contribution in [0.3, 0.4) is 0 Å². The fraction of sp³-hybridized carbons (Fsp3) is 0.167. The molecule has 1 heterocycles. The van der Waals surface area contributed by atoms with Crippen molar-refractivity contribution in [2.45, 2.75) is 12.8 Å². The van der Waals surface area contributed by atoms with Crippen LogP contribution >= 0.6 is 0 Å². The Kier molecular flexibility index (Phi) is 1.71. The number of ketones is 1. The van der Waals surface area contributed by atoms with Crippen molar-refractivity contribution in [2.75, 3.05) is 5.32 Å².